The molecule has 4 unspecified atom stereocenters. The highest BCUT2D eigenvalue weighted by Crippen LogP contribution is 2.35. The van der Waals surface area contributed by atoms with Crippen LogP contribution in [0.1, 0.15) is 26.7 Å². The van der Waals surface area contributed by atoms with Crippen LogP contribution in [0.25, 0.3) is 0 Å². The Morgan fingerprint density at radius 1 is 1.30 bits per heavy atom. The lowest BCUT2D eigenvalue weighted by Crippen LogP contribution is -2.49. The molecule has 0 amide bonds. The number of nitrogens with two attached hydrogens (primary N) is 1. The molecular formula is C14H19ClFNO2S. The molecule has 0 aromatic heterocycles. The molecule has 1 aromatic rings. The first kappa shape index (κ1) is 15.7. The number of benzene rings is 1. The van der Waals surface area contributed by atoms with E-state index in [9.17, 15) is 12.8 Å². The lowest BCUT2D eigenvalue weighted by atomic mass is 9.80. The van der Waals surface area contributed by atoms with Gasteiger partial charge in [0.1, 0.15) is 5.82 Å². The summed E-state index contributed by atoms with van der Waals surface area (Å²) < 4.78 is 38.6. The van der Waals surface area contributed by atoms with Gasteiger partial charge < -0.3 is 5.73 Å². The van der Waals surface area contributed by atoms with Gasteiger partial charge in [-0.3, -0.25) is 0 Å². The molecule has 0 bridgehead atoms. The average Bonchev–Trinajstić information content (AvgIpc) is 2.30. The second kappa shape index (κ2) is 5.62. The van der Waals surface area contributed by atoms with Crippen molar-refractivity contribution in [2.75, 3.05) is 0 Å². The van der Waals surface area contributed by atoms with Crippen molar-refractivity contribution in [2.24, 2.45) is 17.6 Å². The number of hydrogen-bond acceptors (Lipinski definition) is 3. The average molecular weight is 320 g/mol. The molecule has 1 aliphatic carbocycles. The van der Waals surface area contributed by atoms with Gasteiger partial charge in [-0.05, 0) is 42.9 Å². The first-order valence-electron chi connectivity index (χ1n) is 6.68. The molecule has 0 radical (unpaired) electrons. The quantitative estimate of drug-likeness (QED) is 0.852. The summed E-state index contributed by atoms with van der Waals surface area (Å²) in [5.41, 5.74) is 6.07. The summed E-state index contributed by atoms with van der Waals surface area (Å²) in [7, 11) is -3.60. The SMILES string of the molecule is CC1CC(C)C(S(=O)(=O)c2ccc(F)c(Cl)c2)C(N)C1. The summed E-state index contributed by atoms with van der Waals surface area (Å²) >= 11 is 5.68. The Labute approximate surface area is 124 Å². The summed E-state index contributed by atoms with van der Waals surface area (Å²) in [6.07, 6.45) is 1.51. The predicted octanol–water partition coefficient (Wildman–Crippen LogP) is 3.01. The van der Waals surface area contributed by atoms with Gasteiger partial charge in [0.25, 0.3) is 0 Å². The Morgan fingerprint density at radius 2 is 1.95 bits per heavy atom. The maximum atomic E-state index is 13.2. The minimum Gasteiger partial charge on any atom is -0.326 e. The molecule has 6 heteroatoms. The van der Waals surface area contributed by atoms with Crippen LogP contribution in [0.2, 0.25) is 5.02 Å². The summed E-state index contributed by atoms with van der Waals surface area (Å²) in [6.45, 7) is 3.98. The molecule has 1 fully saturated rings. The van der Waals surface area contributed by atoms with Gasteiger partial charge in [-0.1, -0.05) is 25.4 Å². The Kier molecular flexibility index (Phi) is 4.42. The zero-order chi connectivity index (χ0) is 15.1. The van der Waals surface area contributed by atoms with Crippen molar-refractivity contribution in [2.45, 2.75) is 42.9 Å². The van der Waals surface area contributed by atoms with Crippen molar-refractivity contribution >= 4 is 21.4 Å². The summed E-state index contributed by atoms with van der Waals surface area (Å²) in [4.78, 5) is 0.0470. The van der Waals surface area contributed by atoms with Gasteiger partial charge in [0.15, 0.2) is 9.84 Å². The molecule has 112 valence electrons. The third kappa shape index (κ3) is 2.85. The van der Waals surface area contributed by atoms with E-state index in [-0.39, 0.29) is 15.8 Å². The van der Waals surface area contributed by atoms with Crippen LogP contribution in [-0.2, 0) is 9.84 Å². The van der Waals surface area contributed by atoms with Crippen LogP contribution in [0.4, 0.5) is 4.39 Å². The van der Waals surface area contributed by atoms with Gasteiger partial charge in [-0.15, -0.1) is 0 Å². The molecule has 0 saturated heterocycles. The lowest BCUT2D eigenvalue weighted by molar-refractivity contribution is 0.271. The van der Waals surface area contributed by atoms with E-state index in [0.717, 1.165) is 12.5 Å². The van der Waals surface area contributed by atoms with Gasteiger partial charge >= 0.3 is 0 Å². The molecule has 2 N–H and O–H groups in total. The number of hydrogen-bond donors (Lipinski definition) is 1. The van der Waals surface area contributed by atoms with Crippen molar-refractivity contribution in [1.29, 1.82) is 0 Å². The maximum Gasteiger partial charge on any atom is 0.183 e. The Morgan fingerprint density at radius 3 is 2.50 bits per heavy atom. The maximum absolute atomic E-state index is 13.2. The topological polar surface area (TPSA) is 60.2 Å². The standard InChI is InChI=1S/C14H19ClFNO2S/c1-8-5-9(2)14(13(17)6-8)20(18,19)10-3-4-12(16)11(15)7-10/h3-4,7-9,13-14H,5-6,17H2,1-2H3. The van der Waals surface area contributed by atoms with E-state index in [4.69, 9.17) is 17.3 Å². The fourth-order valence-corrected chi connectivity index (χ4v) is 5.63. The first-order valence-corrected chi connectivity index (χ1v) is 8.60. The molecule has 1 aliphatic rings. The third-order valence-corrected chi connectivity index (χ3v) is 6.74. The van der Waals surface area contributed by atoms with Crippen molar-refractivity contribution in [1.82, 2.24) is 0 Å². The minimum atomic E-state index is -3.60. The molecule has 3 nitrogen and oxygen atoms in total. The summed E-state index contributed by atoms with van der Waals surface area (Å²) in [5, 5.41) is -0.822. The molecule has 0 heterocycles. The highest BCUT2D eigenvalue weighted by molar-refractivity contribution is 7.92. The molecule has 0 aliphatic heterocycles. The van der Waals surface area contributed by atoms with Gasteiger partial charge in [0, 0.05) is 6.04 Å². The van der Waals surface area contributed by atoms with E-state index in [1.807, 2.05) is 6.92 Å². The molecule has 1 aromatic carbocycles. The lowest BCUT2D eigenvalue weighted by Gasteiger charge is -2.37. The van der Waals surface area contributed by atoms with E-state index in [0.29, 0.717) is 12.3 Å². The molecule has 0 spiro atoms. The van der Waals surface area contributed by atoms with Crippen LogP contribution in [0.5, 0.6) is 0 Å². The first-order chi connectivity index (χ1) is 9.23. The highest BCUT2D eigenvalue weighted by atomic mass is 35.5. The van der Waals surface area contributed by atoms with Crippen LogP contribution >= 0.6 is 11.6 Å². The number of rotatable bonds is 2. The van der Waals surface area contributed by atoms with Crippen LogP contribution < -0.4 is 5.73 Å². The van der Waals surface area contributed by atoms with Crippen LogP contribution in [0.15, 0.2) is 23.1 Å². The van der Waals surface area contributed by atoms with Crippen molar-refractivity contribution in [3.63, 3.8) is 0 Å². The van der Waals surface area contributed by atoms with Gasteiger partial charge in [0.2, 0.25) is 0 Å². The largest absolute Gasteiger partial charge is 0.326 e. The molecular weight excluding hydrogens is 301 g/mol. The second-order valence-corrected chi connectivity index (χ2v) is 8.32. The van der Waals surface area contributed by atoms with E-state index < -0.39 is 26.9 Å². The minimum absolute atomic E-state index is 0.0254. The third-order valence-electron chi connectivity index (χ3n) is 4.01. The number of halogens is 2. The van der Waals surface area contributed by atoms with E-state index in [1.54, 1.807) is 0 Å². The Balaban J connectivity index is 2.41. The molecule has 2 rings (SSSR count). The zero-order valence-electron chi connectivity index (χ0n) is 11.5. The van der Waals surface area contributed by atoms with Crippen LogP contribution in [0.3, 0.4) is 0 Å². The van der Waals surface area contributed by atoms with Gasteiger partial charge in [-0.25, -0.2) is 12.8 Å². The van der Waals surface area contributed by atoms with E-state index >= 15 is 0 Å². The summed E-state index contributed by atoms with van der Waals surface area (Å²) in [6, 6.07) is 3.11. The van der Waals surface area contributed by atoms with E-state index in [1.165, 1.54) is 12.1 Å². The fourth-order valence-electron chi connectivity index (χ4n) is 3.23. The molecule has 20 heavy (non-hydrogen) atoms. The van der Waals surface area contributed by atoms with Crippen LogP contribution in [-0.4, -0.2) is 19.7 Å². The van der Waals surface area contributed by atoms with Crippen molar-refractivity contribution in [3.05, 3.63) is 29.0 Å². The summed E-state index contributed by atoms with van der Waals surface area (Å²) in [5.74, 6) is -0.230. The smallest absolute Gasteiger partial charge is 0.183 e. The normalized spacial score (nSPS) is 31.2. The predicted molar refractivity (Wildman–Crippen MR) is 77.9 cm³/mol. The van der Waals surface area contributed by atoms with Gasteiger partial charge in [-0.2, -0.15) is 0 Å². The Hall–Kier alpha value is -0.650. The van der Waals surface area contributed by atoms with Gasteiger partial charge in [0.05, 0.1) is 15.2 Å². The monoisotopic (exact) mass is 319 g/mol. The molecule has 4 atom stereocenters. The van der Waals surface area contributed by atoms with Crippen LogP contribution in [0, 0.1) is 17.7 Å². The van der Waals surface area contributed by atoms with E-state index in [2.05, 4.69) is 6.92 Å². The number of sulfone groups is 1. The Bertz CT molecular complexity index is 593. The molecule has 1 saturated carbocycles. The zero-order valence-corrected chi connectivity index (χ0v) is 13.1. The second-order valence-electron chi connectivity index (χ2n) is 5.80. The highest BCUT2D eigenvalue weighted by Gasteiger charge is 2.41. The van der Waals surface area contributed by atoms with Crippen molar-refractivity contribution < 1.29 is 12.8 Å². The van der Waals surface area contributed by atoms with Crippen molar-refractivity contribution in [3.8, 4) is 0 Å². The fraction of sp³-hybridized carbons (Fsp3) is 0.571.